The SMILES string of the molecule is CC(CCN(C)C)NC(=O)C(C)(C)C(N)=NO. The van der Waals surface area contributed by atoms with Crippen molar-refractivity contribution in [2.75, 3.05) is 20.6 Å². The molecule has 1 atom stereocenters. The summed E-state index contributed by atoms with van der Waals surface area (Å²) in [5.41, 5.74) is 4.48. The standard InChI is InChI=1S/C11H24N4O2/c1-8(6-7-15(4)5)13-10(16)11(2,3)9(12)14-17/h8,17H,6-7H2,1-5H3,(H2,12,14)(H,13,16). The molecule has 0 saturated heterocycles. The molecule has 0 spiro atoms. The van der Waals surface area contributed by atoms with Gasteiger partial charge in [-0.05, 0) is 47.8 Å². The number of amides is 1. The molecule has 0 aliphatic heterocycles. The number of nitrogens with two attached hydrogens (primary N) is 1. The van der Waals surface area contributed by atoms with Gasteiger partial charge in [0.15, 0.2) is 5.84 Å². The van der Waals surface area contributed by atoms with Crippen molar-refractivity contribution in [3.05, 3.63) is 0 Å². The summed E-state index contributed by atoms with van der Waals surface area (Å²) in [5, 5.41) is 14.3. The summed E-state index contributed by atoms with van der Waals surface area (Å²) in [7, 11) is 3.96. The lowest BCUT2D eigenvalue weighted by Crippen LogP contribution is -2.48. The lowest BCUT2D eigenvalue weighted by molar-refractivity contribution is -0.127. The van der Waals surface area contributed by atoms with E-state index in [4.69, 9.17) is 10.9 Å². The average molecular weight is 244 g/mol. The third kappa shape index (κ3) is 5.04. The molecule has 6 nitrogen and oxygen atoms in total. The van der Waals surface area contributed by atoms with E-state index >= 15 is 0 Å². The molecule has 0 radical (unpaired) electrons. The van der Waals surface area contributed by atoms with Crippen molar-refractivity contribution in [1.29, 1.82) is 0 Å². The molecule has 0 aromatic rings. The lowest BCUT2D eigenvalue weighted by Gasteiger charge is -2.25. The van der Waals surface area contributed by atoms with Gasteiger partial charge < -0.3 is 21.2 Å². The molecule has 0 rings (SSSR count). The summed E-state index contributed by atoms with van der Waals surface area (Å²) >= 11 is 0. The van der Waals surface area contributed by atoms with Gasteiger partial charge in [-0.25, -0.2) is 0 Å². The Bertz CT molecular complexity index is 287. The van der Waals surface area contributed by atoms with E-state index in [1.165, 1.54) is 0 Å². The summed E-state index contributed by atoms with van der Waals surface area (Å²) in [6, 6.07) is 0.0515. The van der Waals surface area contributed by atoms with Gasteiger partial charge in [-0.2, -0.15) is 0 Å². The summed E-state index contributed by atoms with van der Waals surface area (Å²) in [6.45, 7) is 6.07. The number of rotatable bonds is 6. The fourth-order valence-electron chi connectivity index (χ4n) is 1.17. The number of hydrogen-bond acceptors (Lipinski definition) is 4. The quantitative estimate of drug-likeness (QED) is 0.270. The van der Waals surface area contributed by atoms with Crippen molar-refractivity contribution in [2.24, 2.45) is 16.3 Å². The molecule has 0 aromatic heterocycles. The van der Waals surface area contributed by atoms with Crippen LogP contribution in [0.25, 0.3) is 0 Å². The van der Waals surface area contributed by atoms with Crippen LogP contribution < -0.4 is 11.1 Å². The van der Waals surface area contributed by atoms with Crippen LogP contribution in [0.1, 0.15) is 27.2 Å². The fraction of sp³-hybridized carbons (Fsp3) is 0.818. The molecular formula is C11H24N4O2. The minimum absolute atomic E-state index is 0.0515. The highest BCUT2D eigenvalue weighted by atomic mass is 16.4. The Morgan fingerprint density at radius 2 is 2.06 bits per heavy atom. The van der Waals surface area contributed by atoms with Gasteiger partial charge in [0.25, 0.3) is 0 Å². The normalized spacial score (nSPS) is 14.8. The second-order valence-electron chi connectivity index (χ2n) is 5.08. The van der Waals surface area contributed by atoms with E-state index in [-0.39, 0.29) is 17.8 Å². The van der Waals surface area contributed by atoms with Crippen LogP contribution in [-0.4, -0.2) is 48.5 Å². The summed E-state index contributed by atoms with van der Waals surface area (Å²) in [4.78, 5) is 14.0. The van der Waals surface area contributed by atoms with Gasteiger partial charge in [0, 0.05) is 6.04 Å². The topological polar surface area (TPSA) is 91.0 Å². The Morgan fingerprint density at radius 3 is 2.47 bits per heavy atom. The first-order chi connectivity index (χ1) is 7.71. The number of oxime groups is 1. The van der Waals surface area contributed by atoms with Crippen LogP contribution in [0.15, 0.2) is 5.16 Å². The van der Waals surface area contributed by atoms with Crippen LogP contribution in [0.2, 0.25) is 0 Å². The van der Waals surface area contributed by atoms with Gasteiger partial charge in [0.05, 0.1) is 0 Å². The van der Waals surface area contributed by atoms with E-state index in [9.17, 15) is 4.79 Å². The smallest absolute Gasteiger partial charge is 0.233 e. The first kappa shape index (κ1) is 15.7. The van der Waals surface area contributed by atoms with Crippen molar-refractivity contribution in [3.8, 4) is 0 Å². The average Bonchev–Trinajstić information content (AvgIpc) is 2.24. The molecule has 6 heteroatoms. The summed E-state index contributed by atoms with van der Waals surface area (Å²) < 4.78 is 0. The highest BCUT2D eigenvalue weighted by Gasteiger charge is 2.33. The molecule has 0 aliphatic rings. The molecule has 1 amide bonds. The van der Waals surface area contributed by atoms with Crippen molar-refractivity contribution < 1.29 is 10.0 Å². The number of hydrogen-bond donors (Lipinski definition) is 3. The van der Waals surface area contributed by atoms with E-state index in [0.29, 0.717) is 0 Å². The number of amidine groups is 1. The Kier molecular flexibility index (Phi) is 5.95. The molecule has 1 unspecified atom stereocenters. The summed E-state index contributed by atoms with van der Waals surface area (Å²) in [6.07, 6.45) is 0.852. The molecule has 100 valence electrons. The minimum atomic E-state index is -0.999. The zero-order chi connectivity index (χ0) is 13.6. The Hall–Kier alpha value is -1.30. The first-order valence-corrected chi connectivity index (χ1v) is 5.65. The maximum absolute atomic E-state index is 11.9. The molecule has 17 heavy (non-hydrogen) atoms. The van der Waals surface area contributed by atoms with Gasteiger partial charge in [-0.1, -0.05) is 5.16 Å². The Morgan fingerprint density at radius 1 is 1.53 bits per heavy atom. The number of carbonyl (C=O) groups is 1. The molecule has 0 fully saturated rings. The Balaban J connectivity index is 4.34. The maximum Gasteiger partial charge on any atom is 0.233 e. The highest BCUT2D eigenvalue weighted by Crippen LogP contribution is 2.15. The molecule has 0 bridgehead atoms. The third-order valence-corrected chi connectivity index (χ3v) is 2.70. The van der Waals surface area contributed by atoms with Gasteiger partial charge in [-0.15, -0.1) is 0 Å². The fourth-order valence-corrected chi connectivity index (χ4v) is 1.17. The molecule has 0 saturated carbocycles. The lowest BCUT2D eigenvalue weighted by atomic mass is 9.90. The molecule has 0 aromatic carbocycles. The minimum Gasteiger partial charge on any atom is -0.409 e. The first-order valence-electron chi connectivity index (χ1n) is 5.65. The number of nitrogens with zero attached hydrogens (tertiary/aromatic N) is 2. The van der Waals surface area contributed by atoms with Crippen LogP contribution in [0.4, 0.5) is 0 Å². The van der Waals surface area contributed by atoms with Crippen LogP contribution in [-0.2, 0) is 4.79 Å². The van der Waals surface area contributed by atoms with Crippen molar-refractivity contribution in [3.63, 3.8) is 0 Å². The molecular weight excluding hydrogens is 220 g/mol. The second kappa shape index (κ2) is 6.44. The predicted octanol–water partition coefficient (Wildman–Crippen LogP) is 0.215. The molecule has 0 heterocycles. The van der Waals surface area contributed by atoms with Crippen LogP contribution in [0, 0.1) is 5.41 Å². The van der Waals surface area contributed by atoms with E-state index in [2.05, 4.69) is 15.4 Å². The third-order valence-electron chi connectivity index (χ3n) is 2.70. The van der Waals surface area contributed by atoms with Crippen LogP contribution in [0.3, 0.4) is 0 Å². The van der Waals surface area contributed by atoms with Crippen molar-refractivity contribution >= 4 is 11.7 Å². The van der Waals surface area contributed by atoms with Gasteiger partial charge in [0.2, 0.25) is 5.91 Å². The zero-order valence-corrected chi connectivity index (χ0v) is 11.3. The molecule has 4 N–H and O–H groups in total. The Labute approximate surface area is 103 Å². The zero-order valence-electron chi connectivity index (χ0n) is 11.3. The highest BCUT2D eigenvalue weighted by molar-refractivity contribution is 6.05. The van der Waals surface area contributed by atoms with Crippen molar-refractivity contribution in [2.45, 2.75) is 33.2 Å². The number of nitrogens with one attached hydrogen (secondary N) is 1. The van der Waals surface area contributed by atoms with E-state index in [1.807, 2.05) is 21.0 Å². The van der Waals surface area contributed by atoms with E-state index < -0.39 is 5.41 Å². The summed E-state index contributed by atoms with van der Waals surface area (Å²) in [5.74, 6) is -0.325. The van der Waals surface area contributed by atoms with Gasteiger partial charge in [-0.3, -0.25) is 4.79 Å². The molecule has 0 aliphatic carbocycles. The van der Waals surface area contributed by atoms with Crippen molar-refractivity contribution in [1.82, 2.24) is 10.2 Å². The second-order valence-corrected chi connectivity index (χ2v) is 5.08. The van der Waals surface area contributed by atoms with Gasteiger partial charge >= 0.3 is 0 Å². The van der Waals surface area contributed by atoms with E-state index in [1.54, 1.807) is 13.8 Å². The number of carbonyl (C=O) groups excluding carboxylic acids is 1. The monoisotopic (exact) mass is 244 g/mol. The van der Waals surface area contributed by atoms with E-state index in [0.717, 1.165) is 13.0 Å². The maximum atomic E-state index is 11.9. The van der Waals surface area contributed by atoms with Crippen LogP contribution in [0.5, 0.6) is 0 Å². The largest absolute Gasteiger partial charge is 0.409 e. The van der Waals surface area contributed by atoms with Gasteiger partial charge in [0.1, 0.15) is 5.41 Å². The predicted molar refractivity (Wildman–Crippen MR) is 68.0 cm³/mol. The van der Waals surface area contributed by atoms with Crippen LogP contribution >= 0.6 is 0 Å².